The first kappa shape index (κ1) is 21.0. The lowest BCUT2D eigenvalue weighted by molar-refractivity contribution is -0.125. The number of likely N-dealkylation sites (N-methyl/N-ethyl adjacent to an activating group) is 1. The molecule has 0 heterocycles. The van der Waals surface area contributed by atoms with Crippen molar-refractivity contribution in [3.63, 3.8) is 0 Å². The normalized spacial score (nSPS) is 10.7. The van der Waals surface area contributed by atoms with Gasteiger partial charge in [0.2, 0.25) is 11.8 Å². The third-order valence-corrected chi connectivity index (χ3v) is 4.54. The second kappa shape index (κ2) is 10.1. The molecule has 2 amide bonds. The average Bonchev–Trinajstić information content (AvgIpc) is 2.64. The second-order valence-corrected chi connectivity index (χ2v) is 6.66. The molecule has 0 aliphatic carbocycles. The fraction of sp³-hybridized carbons (Fsp3) is 0.263. The van der Waals surface area contributed by atoms with Gasteiger partial charge in [0.1, 0.15) is 11.6 Å². The van der Waals surface area contributed by atoms with Crippen LogP contribution in [0.1, 0.15) is 12.5 Å². The van der Waals surface area contributed by atoms with Crippen molar-refractivity contribution in [3.8, 4) is 0 Å². The Balaban J connectivity index is 1.84. The lowest BCUT2D eigenvalue weighted by atomic mass is 10.2. The molecular weight excluding hydrogens is 420 g/mol. The zero-order valence-electron chi connectivity index (χ0n) is 14.8. The predicted octanol–water partition coefficient (Wildman–Crippen LogP) is 3.30. The number of hydrogen-bond acceptors (Lipinski definition) is 3. The van der Waals surface area contributed by atoms with Crippen LogP contribution in [0, 0.1) is 11.6 Å². The standard InChI is InChI=1S/C19H20BrF2N3O2/c1-2-25(11-13-15(21)7-5-8-16(13)22)12-19(27)23-10-18(26)24-17-9-4-3-6-14(17)20/h3-9H,2,10-12H2,1H3,(H,23,27)(H,24,26). The Kier molecular flexibility index (Phi) is 7.87. The van der Waals surface area contributed by atoms with E-state index in [4.69, 9.17) is 0 Å². The van der Waals surface area contributed by atoms with Gasteiger partial charge < -0.3 is 10.6 Å². The topological polar surface area (TPSA) is 61.4 Å². The molecule has 27 heavy (non-hydrogen) atoms. The van der Waals surface area contributed by atoms with Crippen molar-refractivity contribution in [1.29, 1.82) is 0 Å². The van der Waals surface area contributed by atoms with Crippen molar-refractivity contribution in [2.45, 2.75) is 13.5 Å². The molecule has 144 valence electrons. The van der Waals surface area contributed by atoms with Gasteiger partial charge in [-0.3, -0.25) is 14.5 Å². The van der Waals surface area contributed by atoms with Crippen molar-refractivity contribution in [2.75, 3.05) is 25.0 Å². The quantitative estimate of drug-likeness (QED) is 0.663. The minimum Gasteiger partial charge on any atom is -0.346 e. The maximum absolute atomic E-state index is 13.8. The zero-order chi connectivity index (χ0) is 19.8. The first-order chi connectivity index (χ1) is 12.9. The minimum absolute atomic E-state index is 0.0361. The summed E-state index contributed by atoms with van der Waals surface area (Å²) in [4.78, 5) is 25.6. The number of para-hydroxylation sites is 1. The Morgan fingerprint density at radius 1 is 1.04 bits per heavy atom. The molecular formula is C19H20BrF2N3O2. The SMILES string of the molecule is CCN(CC(=O)NCC(=O)Nc1ccccc1Br)Cc1c(F)cccc1F. The van der Waals surface area contributed by atoms with Crippen LogP contribution in [-0.2, 0) is 16.1 Å². The molecule has 0 atom stereocenters. The highest BCUT2D eigenvalue weighted by Crippen LogP contribution is 2.20. The van der Waals surface area contributed by atoms with E-state index in [1.54, 1.807) is 30.0 Å². The van der Waals surface area contributed by atoms with E-state index >= 15 is 0 Å². The molecule has 0 aromatic heterocycles. The smallest absolute Gasteiger partial charge is 0.243 e. The Morgan fingerprint density at radius 3 is 2.33 bits per heavy atom. The lowest BCUT2D eigenvalue weighted by Crippen LogP contribution is -2.40. The molecule has 0 saturated heterocycles. The summed E-state index contributed by atoms with van der Waals surface area (Å²) in [7, 11) is 0. The van der Waals surface area contributed by atoms with Crippen LogP contribution in [0.5, 0.6) is 0 Å². The van der Waals surface area contributed by atoms with Crippen LogP contribution >= 0.6 is 15.9 Å². The van der Waals surface area contributed by atoms with E-state index in [0.29, 0.717) is 12.2 Å². The number of amides is 2. The molecule has 2 aromatic carbocycles. The average molecular weight is 440 g/mol. The minimum atomic E-state index is -0.651. The molecule has 0 fully saturated rings. The van der Waals surface area contributed by atoms with Crippen LogP contribution < -0.4 is 10.6 Å². The predicted molar refractivity (Wildman–Crippen MR) is 103 cm³/mol. The number of nitrogens with one attached hydrogen (secondary N) is 2. The van der Waals surface area contributed by atoms with Gasteiger partial charge in [-0.2, -0.15) is 0 Å². The van der Waals surface area contributed by atoms with Crippen LogP contribution in [0.25, 0.3) is 0 Å². The molecule has 5 nitrogen and oxygen atoms in total. The van der Waals surface area contributed by atoms with Crippen molar-refractivity contribution in [1.82, 2.24) is 10.2 Å². The Morgan fingerprint density at radius 2 is 1.70 bits per heavy atom. The monoisotopic (exact) mass is 439 g/mol. The van der Waals surface area contributed by atoms with Crippen LogP contribution in [-0.4, -0.2) is 36.3 Å². The van der Waals surface area contributed by atoms with Crippen LogP contribution in [0.3, 0.4) is 0 Å². The Bertz CT molecular complexity index is 797. The summed E-state index contributed by atoms with van der Waals surface area (Å²) in [6, 6.07) is 10.8. The third-order valence-electron chi connectivity index (χ3n) is 3.85. The van der Waals surface area contributed by atoms with Gasteiger partial charge in [0, 0.05) is 16.6 Å². The number of nitrogens with zero attached hydrogens (tertiary/aromatic N) is 1. The first-order valence-electron chi connectivity index (χ1n) is 8.37. The van der Waals surface area contributed by atoms with E-state index in [1.165, 1.54) is 18.2 Å². The van der Waals surface area contributed by atoms with Gasteiger partial charge in [0.25, 0.3) is 0 Å². The molecule has 0 aliphatic rings. The van der Waals surface area contributed by atoms with E-state index in [1.807, 2.05) is 6.07 Å². The fourth-order valence-electron chi connectivity index (χ4n) is 2.38. The summed E-state index contributed by atoms with van der Waals surface area (Å²) in [5.41, 5.74) is 0.515. The second-order valence-electron chi connectivity index (χ2n) is 5.81. The number of benzene rings is 2. The van der Waals surface area contributed by atoms with Crippen LogP contribution in [0.15, 0.2) is 46.9 Å². The van der Waals surface area contributed by atoms with Gasteiger partial charge in [-0.1, -0.05) is 25.1 Å². The maximum Gasteiger partial charge on any atom is 0.243 e. The summed E-state index contributed by atoms with van der Waals surface area (Å²) in [5.74, 6) is -2.09. The third kappa shape index (κ3) is 6.41. The number of carbonyl (C=O) groups excluding carboxylic acids is 2. The largest absolute Gasteiger partial charge is 0.346 e. The highest BCUT2D eigenvalue weighted by Gasteiger charge is 2.16. The molecule has 0 unspecified atom stereocenters. The van der Waals surface area contributed by atoms with Gasteiger partial charge in [0.05, 0.1) is 18.8 Å². The molecule has 2 rings (SSSR count). The molecule has 0 saturated carbocycles. The van der Waals surface area contributed by atoms with E-state index < -0.39 is 17.5 Å². The summed E-state index contributed by atoms with van der Waals surface area (Å²) in [5, 5.41) is 5.18. The van der Waals surface area contributed by atoms with Gasteiger partial charge in [-0.15, -0.1) is 0 Å². The van der Waals surface area contributed by atoms with Gasteiger partial charge >= 0.3 is 0 Å². The van der Waals surface area contributed by atoms with Gasteiger partial charge in [-0.25, -0.2) is 8.78 Å². The van der Waals surface area contributed by atoms with Crippen molar-refractivity contribution >= 4 is 33.4 Å². The summed E-state index contributed by atoms with van der Waals surface area (Å²) in [6.45, 7) is 1.89. The van der Waals surface area contributed by atoms with Crippen molar-refractivity contribution < 1.29 is 18.4 Å². The summed E-state index contributed by atoms with van der Waals surface area (Å²) in [6.07, 6.45) is 0. The van der Waals surface area contributed by atoms with E-state index in [2.05, 4.69) is 26.6 Å². The van der Waals surface area contributed by atoms with E-state index in [-0.39, 0.29) is 31.1 Å². The molecule has 0 spiro atoms. The Hall–Kier alpha value is -2.32. The Labute approximate surface area is 164 Å². The van der Waals surface area contributed by atoms with Crippen LogP contribution in [0.4, 0.5) is 14.5 Å². The lowest BCUT2D eigenvalue weighted by Gasteiger charge is -2.20. The molecule has 8 heteroatoms. The van der Waals surface area contributed by atoms with E-state index in [9.17, 15) is 18.4 Å². The summed E-state index contributed by atoms with van der Waals surface area (Å²) >= 11 is 3.32. The van der Waals surface area contributed by atoms with Gasteiger partial charge in [0.15, 0.2) is 0 Å². The molecule has 0 bridgehead atoms. The zero-order valence-corrected chi connectivity index (χ0v) is 16.4. The highest BCUT2D eigenvalue weighted by atomic mass is 79.9. The molecule has 2 aromatic rings. The summed E-state index contributed by atoms with van der Waals surface area (Å²) < 4.78 is 28.2. The molecule has 2 N–H and O–H groups in total. The number of carbonyl (C=O) groups is 2. The maximum atomic E-state index is 13.8. The van der Waals surface area contributed by atoms with Crippen molar-refractivity contribution in [3.05, 3.63) is 64.1 Å². The number of halogens is 3. The number of anilines is 1. The van der Waals surface area contributed by atoms with Crippen LogP contribution in [0.2, 0.25) is 0 Å². The first-order valence-corrected chi connectivity index (χ1v) is 9.16. The number of rotatable bonds is 8. The molecule has 0 aliphatic heterocycles. The van der Waals surface area contributed by atoms with Gasteiger partial charge in [-0.05, 0) is 46.7 Å². The fourth-order valence-corrected chi connectivity index (χ4v) is 2.77. The van der Waals surface area contributed by atoms with Crippen molar-refractivity contribution in [2.24, 2.45) is 0 Å². The van der Waals surface area contributed by atoms with E-state index in [0.717, 1.165) is 4.47 Å². The number of hydrogen-bond donors (Lipinski definition) is 2. The highest BCUT2D eigenvalue weighted by molar-refractivity contribution is 9.10. The molecule has 0 radical (unpaired) electrons.